The molecule has 2 aromatic rings. The third-order valence-corrected chi connectivity index (χ3v) is 3.23. The SMILES string of the molecule is CCCn1ccnc1C(O)c1cc(Cl)ccc1C. The van der Waals surface area contributed by atoms with Crippen LogP contribution in [-0.4, -0.2) is 14.7 Å². The summed E-state index contributed by atoms with van der Waals surface area (Å²) in [5, 5.41) is 11.1. The molecule has 0 fully saturated rings. The van der Waals surface area contributed by atoms with Crippen LogP contribution in [0.1, 0.15) is 36.4 Å². The van der Waals surface area contributed by atoms with Crippen molar-refractivity contribution in [3.05, 3.63) is 52.6 Å². The van der Waals surface area contributed by atoms with Crippen LogP contribution in [0, 0.1) is 6.92 Å². The number of aliphatic hydroxyl groups excluding tert-OH is 1. The first-order chi connectivity index (χ1) is 8.63. The first-order valence-corrected chi connectivity index (χ1v) is 6.46. The monoisotopic (exact) mass is 264 g/mol. The second-order valence-electron chi connectivity index (χ2n) is 4.38. The summed E-state index contributed by atoms with van der Waals surface area (Å²) < 4.78 is 1.98. The molecule has 18 heavy (non-hydrogen) atoms. The summed E-state index contributed by atoms with van der Waals surface area (Å²) >= 11 is 5.98. The zero-order valence-corrected chi connectivity index (χ0v) is 11.4. The van der Waals surface area contributed by atoms with E-state index < -0.39 is 6.10 Å². The zero-order valence-electron chi connectivity index (χ0n) is 10.6. The van der Waals surface area contributed by atoms with Gasteiger partial charge in [-0.2, -0.15) is 0 Å². The van der Waals surface area contributed by atoms with Crippen molar-refractivity contribution < 1.29 is 5.11 Å². The average Bonchev–Trinajstić information content (AvgIpc) is 2.80. The maximum Gasteiger partial charge on any atom is 0.142 e. The molecule has 1 heterocycles. The molecular formula is C14H17ClN2O. The maximum absolute atomic E-state index is 10.5. The number of benzene rings is 1. The van der Waals surface area contributed by atoms with E-state index in [0.29, 0.717) is 10.8 Å². The normalized spacial score (nSPS) is 12.7. The molecule has 0 saturated heterocycles. The molecule has 0 radical (unpaired) electrons. The van der Waals surface area contributed by atoms with Gasteiger partial charge in [-0.3, -0.25) is 0 Å². The van der Waals surface area contributed by atoms with Crippen LogP contribution < -0.4 is 0 Å². The zero-order chi connectivity index (χ0) is 13.1. The lowest BCUT2D eigenvalue weighted by Gasteiger charge is -2.15. The third kappa shape index (κ3) is 2.57. The summed E-state index contributed by atoms with van der Waals surface area (Å²) in [5.41, 5.74) is 1.82. The number of imidazole rings is 1. The van der Waals surface area contributed by atoms with Crippen molar-refractivity contribution in [1.29, 1.82) is 0 Å². The summed E-state index contributed by atoms with van der Waals surface area (Å²) in [7, 11) is 0. The molecule has 0 bridgehead atoms. The molecular weight excluding hydrogens is 248 g/mol. The molecule has 96 valence electrons. The number of rotatable bonds is 4. The lowest BCUT2D eigenvalue weighted by Crippen LogP contribution is -2.10. The molecule has 1 aromatic heterocycles. The van der Waals surface area contributed by atoms with Crippen molar-refractivity contribution in [3.8, 4) is 0 Å². The average molecular weight is 265 g/mol. The van der Waals surface area contributed by atoms with E-state index in [9.17, 15) is 5.11 Å². The molecule has 2 rings (SSSR count). The highest BCUT2D eigenvalue weighted by atomic mass is 35.5. The quantitative estimate of drug-likeness (QED) is 0.920. The molecule has 0 spiro atoms. The highest BCUT2D eigenvalue weighted by molar-refractivity contribution is 6.30. The first-order valence-electron chi connectivity index (χ1n) is 6.08. The third-order valence-electron chi connectivity index (χ3n) is 2.99. The predicted molar refractivity (Wildman–Crippen MR) is 72.8 cm³/mol. The van der Waals surface area contributed by atoms with Crippen LogP contribution in [0.15, 0.2) is 30.6 Å². The van der Waals surface area contributed by atoms with Gasteiger partial charge in [0, 0.05) is 24.0 Å². The number of hydrogen-bond acceptors (Lipinski definition) is 2. The number of halogens is 1. The van der Waals surface area contributed by atoms with E-state index in [0.717, 1.165) is 24.1 Å². The number of aryl methyl sites for hydroxylation is 2. The van der Waals surface area contributed by atoms with E-state index in [4.69, 9.17) is 11.6 Å². The minimum atomic E-state index is -0.731. The molecule has 0 saturated carbocycles. The Bertz CT molecular complexity index is 536. The van der Waals surface area contributed by atoms with E-state index in [1.807, 2.05) is 29.8 Å². The summed E-state index contributed by atoms with van der Waals surface area (Å²) in [5.74, 6) is 0.669. The summed E-state index contributed by atoms with van der Waals surface area (Å²) in [6.07, 6.45) is 3.88. The van der Waals surface area contributed by atoms with Gasteiger partial charge >= 0.3 is 0 Å². The van der Waals surface area contributed by atoms with Crippen LogP contribution in [0.4, 0.5) is 0 Å². The minimum absolute atomic E-state index is 0.628. The van der Waals surface area contributed by atoms with Gasteiger partial charge in [-0.1, -0.05) is 24.6 Å². The Kier molecular flexibility index (Phi) is 4.04. The Morgan fingerprint density at radius 2 is 2.22 bits per heavy atom. The van der Waals surface area contributed by atoms with E-state index in [2.05, 4.69) is 11.9 Å². The van der Waals surface area contributed by atoms with Crippen molar-refractivity contribution in [2.24, 2.45) is 0 Å². The molecule has 1 N–H and O–H groups in total. The van der Waals surface area contributed by atoms with Gasteiger partial charge in [0.25, 0.3) is 0 Å². The first kappa shape index (κ1) is 13.1. The Morgan fingerprint density at radius 3 is 2.94 bits per heavy atom. The highest BCUT2D eigenvalue weighted by Gasteiger charge is 2.18. The van der Waals surface area contributed by atoms with Gasteiger partial charge in [0.15, 0.2) is 0 Å². The van der Waals surface area contributed by atoms with Crippen LogP contribution >= 0.6 is 11.6 Å². The minimum Gasteiger partial charge on any atom is -0.380 e. The van der Waals surface area contributed by atoms with Crippen molar-refractivity contribution in [2.45, 2.75) is 32.9 Å². The second kappa shape index (κ2) is 5.55. The highest BCUT2D eigenvalue weighted by Crippen LogP contribution is 2.26. The van der Waals surface area contributed by atoms with Crippen LogP contribution in [0.3, 0.4) is 0 Å². The van der Waals surface area contributed by atoms with Gasteiger partial charge in [-0.05, 0) is 36.6 Å². The van der Waals surface area contributed by atoms with Gasteiger partial charge in [-0.15, -0.1) is 0 Å². The van der Waals surface area contributed by atoms with Gasteiger partial charge in [0.05, 0.1) is 0 Å². The maximum atomic E-state index is 10.5. The Hall–Kier alpha value is -1.32. The van der Waals surface area contributed by atoms with Crippen molar-refractivity contribution in [2.75, 3.05) is 0 Å². The van der Waals surface area contributed by atoms with E-state index in [1.165, 1.54) is 0 Å². The Labute approximate surface area is 112 Å². The van der Waals surface area contributed by atoms with Gasteiger partial charge in [0.2, 0.25) is 0 Å². The fourth-order valence-corrected chi connectivity index (χ4v) is 2.22. The van der Waals surface area contributed by atoms with E-state index >= 15 is 0 Å². The Balaban J connectivity index is 2.38. The largest absolute Gasteiger partial charge is 0.380 e. The number of aliphatic hydroxyl groups is 1. The predicted octanol–water partition coefficient (Wildman–Crippen LogP) is 3.34. The van der Waals surface area contributed by atoms with Gasteiger partial charge in [-0.25, -0.2) is 4.98 Å². The Morgan fingerprint density at radius 1 is 1.44 bits per heavy atom. The van der Waals surface area contributed by atoms with Crippen LogP contribution in [0.25, 0.3) is 0 Å². The van der Waals surface area contributed by atoms with Crippen molar-refractivity contribution >= 4 is 11.6 Å². The summed E-state index contributed by atoms with van der Waals surface area (Å²) in [4.78, 5) is 4.25. The molecule has 0 aliphatic heterocycles. The van der Waals surface area contributed by atoms with Crippen molar-refractivity contribution in [1.82, 2.24) is 9.55 Å². The fourth-order valence-electron chi connectivity index (χ4n) is 2.04. The van der Waals surface area contributed by atoms with Gasteiger partial charge in [0.1, 0.15) is 11.9 Å². The van der Waals surface area contributed by atoms with Crippen LogP contribution in [0.5, 0.6) is 0 Å². The lowest BCUT2D eigenvalue weighted by molar-refractivity contribution is 0.203. The standard InChI is InChI=1S/C14H17ClN2O/c1-3-7-17-8-6-16-14(17)13(18)12-9-11(15)5-4-10(12)2/h4-6,8-9,13,18H,3,7H2,1-2H3. The lowest BCUT2D eigenvalue weighted by atomic mass is 10.0. The van der Waals surface area contributed by atoms with Gasteiger partial charge < -0.3 is 9.67 Å². The van der Waals surface area contributed by atoms with Crippen LogP contribution in [-0.2, 0) is 6.54 Å². The molecule has 1 atom stereocenters. The summed E-state index contributed by atoms with van der Waals surface area (Å²) in [6, 6.07) is 5.53. The molecule has 0 amide bonds. The van der Waals surface area contributed by atoms with Crippen LogP contribution in [0.2, 0.25) is 5.02 Å². The number of hydrogen-bond donors (Lipinski definition) is 1. The molecule has 1 aromatic carbocycles. The topological polar surface area (TPSA) is 38.0 Å². The van der Waals surface area contributed by atoms with E-state index in [-0.39, 0.29) is 0 Å². The second-order valence-corrected chi connectivity index (χ2v) is 4.82. The summed E-state index contributed by atoms with van der Waals surface area (Å²) in [6.45, 7) is 4.91. The molecule has 1 unspecified atom stereocenters. The van der Waals surface area contributed by atoms with E-state index in [1.54, 1.807) is 12.3 Å². The molecule has 0 aliphatic carbocycles. The number of aromatic nitrogens is 2. The molecule has 4 heteroatoms. The number of nitrogens with zero attached hydrogens (tertiary/aromatic N) is 2. The fraction of sp³-hybridized carbons (Fsp3) is 0.357. The molecule has 3 nitrogen and oxygen atoms in total. The smallest absolute Gasteiger partial charge is 0.142 e. The molecule has 0 aliphatic rings. The van der Waals surface area contributed by atoms with Crippen molar-refractivity contribution in [3.63, 3.8) is 0 Å².